The minimum Gasteiger partial charge on any atom is -0.507 e. The predicted molar refractivity (Wildman–Crippen MR) is 106 cm³/mol. The molecule has 2 rings (SSSR count). The lowest BCUT2D eigenvalue weighted by Gasteiger charge is -2.12. The Hall–Kier alpha value is -2.89. The highest BCUT2D eigenvalue weighted by molar-refractivity contribution is 8.76. The first-order valence-corrected chi connectivity index (χ1v) is 10.9. The number of hydrogen-bond acceptors (Lipinski definition) is 9. The topological polar surface area (TPSA) is 162 Å². The lowest BCUT2D eigenvalue weighted by molar-refractivity contribution is -0.197. The number of nitrogens with one attached hydrogen (secondary N) is 1. The van der Waals surface area contributed by atoms with Gasteiger partial charge in [0.05, 0.1) is 12.0 Å². The zero-order valence-electron chi connectivity index (χ0n) is 15.1. The Balaban J connectivity index is 1.59. The Bertz CT molecular complexity index is 842. The molecule has 2 N–H and O–H groups in total. The van der Waals surface area contributed by atoms with Gasteiger partial charge >= 0.3 is 5.97 Å². The van der Waals surface area contributed by atoms with Gasteiger partial charge in [-0.25, -0.2) is 4.79 Å². The van der Waals surface area contributed by atoms with Gasteiger partial charge in [0.2, 0.25) is 0 Å². The monoisotopic (exact) mass is 439 g/mol. The van der Waals surface area contributed by atoms with Gasteiger partial charge in [-0.3, -0.25) is 14.4 Å². The van der Waals surface area contributed by atoms with Crippen LogP contribution in [0.3, 0.4) is 0 Å². The van der Waals surface area contributed by atoms with Crippen molar-refractivity contribution < 1.29 is 29.1 Å². The van der Waals surface area contributed by atoms with Crippen LogP contribution in [0.1, 0.15) is 29.6 Å². The molecule has 0 aliphatic carbocycles. The summed E-state index contributed by atoms with van der Waals surface area (Å²) >= 11 is 0. The Labute approximate surface area is 173 Å². The molecule has 0 radical (unpaired) electrons. The molecule has 1 heterocycles. The van der Waals surface area contributed by atoms with Crippen molar-refractivity contribution in [2.24, 2.45) is 5.11 Å². The van der Waals surface area contributed by atoms with Gasteiger partial charge in [0.15, 0.2) is 0 Å². The summed E-state index contributed by atoms with van der Waals surface area (Å²) in [6.07, 6.45) is 0.142. The number of aromatic hydroxyl groups is 1. The van der Waals surface area contributed by atoms with Crippen molar-refractivity contribution in [2.75, 3.05) is 18.1 Å². The van der Waals surface area contributed by atoms with Crippen LogP contribution in [0.25, 0.3) is 10.4 Å². The van der Waals surface area contributed by atoms with Crippen LogP contribution in [-0.4, -0.2) is 51.9 Å². The van der Waals surface area contributed by atoms with Crippen molar-refractivity contribution in [3.05, 3.63) is 34.2 Å². The number of azide groups is 1. The molecule has 11 nitrogen and oxygen atoms in total. The molecule has 0 atom stereocenters. The fraction of sp³-hybridized carbons (Fsp3) is 0.375. The fourth-order valence-electron chi connectivity index (χ4n) is 2.18. The van der Waals surface area contributed by atoms with Crippen LogP contribution in [0.5, 0.6) is 5.75 Å². The van der Waals surface area contributed by atoms with E-state index >= 15 is 0 Å². The molecule has 0 bridgehead atoms. The predicted octanol–water partition coefficient (Wildman–Crippen LogP) is 2.44. The van der Waals surface area contributed by atoms with Gasteiger partial charge in [0, 0.05) is 41.5 Å². The molecule has 13 heteroatoms. The van der Waals surface area contributed by atoms with Crippen molar-refractivity contribution in [3.63, 3.8) is 0 Å². The molecule has 1 fully saturated rings. The number of imide groups is 1. The zero-order valence-corrected chi connectivity index (χ0v) is 16.7. The number of carbonyl (C=O) groups excluding carboxylic acids is 4. The SMILES string of the molecule is [N-]=[N+]=Nc1ccc(C(=O)NCCSSCCC(=O)ON2C(=O)CCC2=O)c(O)c1. The third-order valence-corrected chi connectivity index (χ3v) is 5.94. The molecule has 0 saturated carbocycles. The molecule has 0 unspecified atom stereocenters. The van der Waals surface area contributed by atoms with Gasteiger partial charge in [-0.15, -0.1) is 5.06 Å². The van der Waals surface area contributed by atoms with Crippen LogP contribution in [0.15, 0.2) is 23.3 Å². The van der Waals surface area contributed by atoms with Crippen molar-refractivity contribution in [1.82, 2.24) is 10.4 Å². The summed E-state index contributed by atoms with van der Waals surface area (Å²) in [5.74, 6) is -1.48. The summed E-state index contributed by atoms with van der Waals surface area (Å²) in [7, 11) is 2.80. The second-order valence-electron chi connectivity index (χ2n) is 5.59. The first-order chi connectivity index (χ1) is 13.9. The summed E-state index contributed by atoms with van der Waals surface area (Å²) in [4.78, 5) is 53.7. The first-order valence-electron chi connectivity index (χ1n) is 8.39. The van der Waals surface area contributed by atoms with Crippen LogP contribution in [0.2, 0.25) is 0 Å². The van der Waals surface area contributed by atoms with E-state index in [4.69, 9.17) is 10.4 Å². The van der Waals surface area contributed by atoms with Crippen molar-refractivity contribution in [1.29, 1.82) is 0 Å². The summed E-state index contributed by atoms with van der Waals surface area (Å²) in [5.41, 5.74) is 8.61. The fourth-order valence-corrected chi connectivity index (χ4v) is 4.05. The van der Waals surface area contributed by atoms with Crippen LogP contribution in [-0.2, 0) is 19.2 Å². The highest BCUT2D eigenvalue weighted by atomic mass is 33.1. The lowest BCUT2D eigenvalue weighted by Crippen LogP contribution is -2.32. The largest absolute Gasteiger partial charge is 0.507 e. The van der Waals surface area contributed by atoms with E-state index in [1.54, 1.807) is 0 Å². The summed E-state index contributed by atoms with van der Waals surface area (Å²) < 4.78 is 0. The number of benzene rings is 1. The average molecular weight is 439 g/mol. The standard InChI is InChI=1S/C16H17N5O6S2/c17-20-19-10-1-2-11(12(22)9-10)16(26)18-6-8-29-28-7-5-15(25)27-21-13(23)3-4-14(21)24/h1-2,9,22H,3-8H2,(H,18,26). The number of hydroxylamine groups is 2. The third-order valence-electron chi connectivity index (χ3n) is 3.53. The van der Waals surface area contributed by atoms with Gasteiger partial charge < -0.3 is 15.3 Å². The molecule has 1 aromatic rings. The van der Waals surface area contributed by atoms with E-state index in [-0.39, 0.29) is 36.3 Å². The maximum absolute atomic E-state index is 12.0. The highest BCUT2D eigenvalue weighted by Gasteiger charge is 2.32. The van der Waals surface area contributed by atoms with Crippen LogP contribution >= 0.6 is 21.6 Å². The summed E-state index contributed by atoms with van der Waals surface area (Å²) in [5, 5.41) is 16.3. The lowest BCUT2D eigenvalue weighted by atomic mass is 10.1. The number of carbonyl (C=O) groups is 4. The second-order valence-corrected chi connectivity index (χ2v) is 8.29. The molecular formula is C16H17N5O6S2. The molecule has 0 aromatic heterocycles. The average Bonchev–Trinajstić information content (AvgIpc) is 2.99. The minimum atomic E-state index is -0.658. The number of phenols is 1. The normalized spacial score (nSPS) is 13.2. The van der Waals surface area contributed by atoms with E-state index in [2.05, 4.69) is 15.3 Å². The van der Waals surface area contributed by atoms with Crippen molar-refractivity contribution in [3.8, 4) is 5.75 Å². The second kappa shape index (κ2) is 11.2. The van der Waals surface area contributed by atoms with E-state index in [1.807, 2.05) is 0 Å². The van der Waals surface area contributed by atoms with Gasteiger partial charge in [-0.1, -0.05) is 32.8 Å². The molecule has 1 aromatic carbocycles. The Morgan fingerprint density at radius 1 is 1.24 bits per heavy atom. The zero-order chi connectivity index (χ0) is 21.2. The smallest absolute Gasteiger partial charge is 0.334 e. The van der Waals surface area contributed by atoms with E-state index in [0.717, 1.165) is 0 Å². The molecular weight excluding hydrogens is 422 g/mol. The van der Waals surface area contributed by atoms with Gasteiger partial charge in [0.1, 0.15) is 5.75 Å². The van der Waals surface area contributed by atoms with Crippen LogP contribution in [0, 0.1) is 0 Å². The van der Waals surface area contributed by atoms with Crippen LogP contribution < -0.4 is 5.32 Å². The highest BCUT2D eigenvalue weighted by Crippen LogP contribution is 2.24. The number of nitrogens with zero attached hydrogens (tertiary/aromatic N) is 4. The third kappa shape index (κ3) is 6.89. The maximum Gasteiger partial charge on any atom is 0.334 e. The molecule has 1 saturated heterocycles. The summed E-state index contributed by atoms with van der Waals surface area (Å²) in [6, 6.07) is 3.97. The number of hydrogen-bond donors (Lipinski definition) is 2. The molecule has 29 heavy (non-hydrogen) atoms. The molecule has 1 aliphatic rings. The Kier molecular flexibility index (Phi) is 8.65. The molecule has 154 valence electrons. The quantitative estimate of drug-likeness (QED) is 0.140. The van der Waals surface area contributed by atoms with Crippen LogP contribution in [0.4, 0.5) is 5.69 Å². The number of amides is 3. The number of phenolic OH excluding ortho intramolecular Hbond substituents is 1. The van der Waals surface area contributed by atoms with Crippen molar-refractivity contribution in [2.45, 2.75) is 19.3 Å². The van der Waals surface area contributed by atoms with E-state index in [0.29, 0.717) is 23.1 Å². The van der Waals surface area contributed by atoms with E-state index in [1.165, 1.54) is 39.8 Å². The minimum absolute atomic E-state index is 0.0342. The molecule has 0 spiro atoms. The van der Waals surface area contributed by atoms with Gasteiger partial charge in [0.25, 0.3) is 17.7 Å². The molecule has 1 aliphatic heterocycles. The van der Waals surface area contributed by atoms with E-state index < -0.39 is 23.7 Å². The van der Waals surface area contributed by atoms with E-state index in [9.17, 15) is 24.3 Å². The van der Waals surface area contributed by atoms with Crippen molar-refractivity contribution >= 4 is 51.0 Å². The number of rotatable bonds is 10. The maximum atomic E-state index is 12.0. The first kappa shape index (κ1) is 22.4. The molecule has 3 amide bonds. The summed E-state index contributed by atoms with van der Waals surface area (Å²) in [6.45, 7) is 0.329. The Morgan fingerprint density at radius 2 is 1.93 bits per heavy atom. The van der Waals surface area contributed by atoms with Gasteiger partial charge in [-0.2, -0.15) is 0 Å². The Morgan fingerprint density at radius 3 is 2.59 bits per heavy atom. The van der Waals surface area contributed by atoms with Gasteiger partial charge in [-0.05, 0) is 17.7 Å².